The predicted octanol–water partition coefficient (Wildman–Crippen LogP) is 3.12. The van der Waals surface area contributed by atoms with Crippen LogP contribution in [0.1, 0.15) is 16.1 Å². The van der Waals surface area contributed by atoms with E-state index < -0.39 is 17.6 Å². The standard InChI is InChI=1S/C27H22FN3O5/c1-31-23-13-18(9-11-27(28)16-34-17-27)7-8-24(23)35-15-22(26(31)33)30-25(32)21-14-20(10-12-29-21)36-19-5-3-2-4-6-19/h2-8,10,12-14,22H,15-17H2,1H3,(H,30,32)/t22-/m0/s1. The number of carbonyl (C=O) groups is 2. The number of halogens is 1. The van der Waals surface area contributed by atoms with Crippen LogP contribution < -0.4 is 19.7 Å². The van der Waals surface area contributed by atoms with Crippen molar-refractivity contribution in [3.05, 3.63) is 78.1 Å². The van der Waals surface area contributed by atoms with E-state index in [9.17, 15) is 14.0 Å². The van der Waals surface area contributed by atoms with E-state index in [1.807, 2.05) is 18.2 Å². The Labute approximate surface area is 207 Å². The maximum absolute atomic E-state index is 14.1. The van der Waals surface area contributed by atoms with E-state index in [0.717, 1.165) is 0 Å². The van der Waals surface area contributed by atoms with Crippen molar-refractivity contribution in [3.8, 4) is 29.1 Å². The molecule has 0 aliphatic carbocycles. The molecule has 1 aromatic heterocycles. The van der Waals surface area contributed by atoms with Gasteiger partial charge >= 0.3 is 0 Å². The number of aromatic nitrogens is 1. The number of rotatable bonds is 4. The lowest BCUT2D eigenvalue weighted by Crippen LogP contribution is -2.49. The highest BCUT2D eigenvalue weighted by molar-refractivity contribution is 6.03. The minimum absolute atomic E-state index is 0.0516. The van der Waals surface area contributed by atoms with E-state index >= 15 is 0 Å². The fourth-order valence-corrected chi connectivity index (χ4v) is 3.67. The number of benzene rings is 2. The van der Waals surface area contributed by atoms with Crippen LogP contribution in [-0.2, 0) is 9.53 Å². The Morgan fingerprint density at radius 2 is 1.97 bits per heavy atom. The first-order valence-electron chi connectivity index (χ1n) is 11.2. The third-order valence-corrected chi connectivity index (χ3v) is 5.70. The lowest BCUT2D eigenvalue weighted by Gasteiger charge is -2.28. The molecule has 3 aromatic rings. The number of anilines is 1. The average molecular weight is 487 g/mol. The van der Waals surface area contributed by atoms with Crippen molar-refractivity contribution in [1.29, 1.82) is 0 Å². The van der Waals surface area contributed by atoms with Gasteiger partial charge in [-0.2, -0.15) is 0 Å². The molecular formula is C27H22FN3O5. The van der Waals surface area contributed by atoms with E-state index in [2.05, 4.69) is 22.1 Å². The minimum atomic E-state index is -1.64. The first kappa shape index (κ1) is 23.3. The van der Waals surface area contributed by atoms with Gasteiger partial charge in [0.25, 0.3) is 11.8 Å². The summed E-state index contributed by atoms with van der Waals surface area (Å²) >= 11 is 0. The van der Waals surface area contributed by atoms with Crippen molar-refractivity contribution in [2.45, 2.75) is 11.7 Å². The molecule has 2 amide bonds. The summed E-state index contributed by atoms with van der Waals surface area (Å²) in [6, 6.07) is 16.3. The van der Waals surface area contributed by atoms with Gasteiger partial charge in [0.15, 0.2) is 0 Å². The van der Waals surface area contributed by atoms with Gasteiger partial charge in [0.05, 0.1) is 18.9 Å². The summed E-state index contributed by atoms with van der Waals surface area (Å²) in [5.74, 6) is 5.95. The number of para-hydroxylation sites is 1. The van der Waals surface area contributed by atoms with Gasteiger partial charge in [0, 0.05) is 24.9 Å². The van der Waals surface area contributed by atoms with E-state index in [4.69, 9.17) is 14.2 Å². The number of nitrogens with zero attached hydrogens (tertiary/aromatic N) is 2. The maximum Gasteiger partial charge on any atom is 0.270 e. The molecule has 0 spiro atoms. The van der Waals surface area contributed by atoms with Crippen LogP contribution >= 0.6 is 0 Å². The molecule has 3 heterocycles. The number of carbonyl (C=O) groups excluding carboxylic acids is 2. The van der Waals surface area contributed by atoms with Gasteiger partial charge in [-0.25, -0.2) is 4.39 Å². The van der Waals surface area contributed by atoms with Crippen molar-refractivity contribution in [2.24, 2.45) is 0 Å². The van der Waals surface area contributed by atoms with Gasteiger partial charge in [-0.05, 0) is 36.4 Å². The Hall–Kier alpha value is -4.42. The Bertz CT molecular complexity index is 1360. The first-order valence-corrected chi connectivity index (χ1v) is 11.2. The van der Waals surface area contributed by atoms with Gasteiger partial charge in [-0.3, -0.25) is 14.6 Å². The van der Waals surface area contributed by atoms with Crippen LogP contribution in [0, 0.1) is 11.8 Å². The number of hydrogen-bond donors (Lipinski definition) is 1. The van der Waals surface area contributed by atoms with E-state index in [-0.39, 0.29) is 31.4 Å². The Balaban J connectivity index is 1.29. The number of pyridine rings is 1. The fourth-order valence-electron chi connectivity index (χ4n) is 3.67. The van der Waals surface area contributed by atoms with Gasteiger partial charge in [0.1, 0.15) is 35.6 Å². The molecule has 1 fully saturated rings. The zero-order valence-corrected chi connectivity index (χ0v) is 19.4. The molecule has 1 N–H and O–H groups in total. The minimum Gasteiger partial charge on any atom is -0.489 e. The SMILES string of the molecule is CN1C(=O)[C@@H](NC(=O)c2cc(Oc3ccccc3)ccn2)COc2ccc(C#CC3(F)COC3)cc21. The fraction of sp³-hybridized carbons (Fsp3) is 0.222. The summed E-state index contributed by atoms with van der Waals surface area (Å²) in [5, 5.41) is 2.69. The summed E-state index contributed by atoms with van der Waals surface area (Å²) in [6.45, 7) is -0.175. The van der Waals surface area contributed by atoms with Crippen LogP contribution in [-0.4, -0.2) is 55.4 Å². The van der Waals surface area contributed by atoms with Gasteiger partial charge < -0.3 is 24.4 Å². The van der Waals surface area contributed by atoms with Gasteiger partial charge in [-0.1, -0.05) is 30.0 Å². The average Bonchev–Trinajstić information content (AvgIpc) is 2.99. The predicted molar refractivity (Wildman–Crippen MR) is 129 cm³/mol. The summed E-state index contributed by atoms with van der Waals surface area (Å²) in [6.07, 6.45) is 1.46. The third-order valence-electron chi connectivity index (χ3n) is 5.70. The molecule has 5 rings (SSSR count). The van der Waals surface area contributed by atoms with Crippen molar-refractivity contribution >= 4 is 17.5 Å². The number of alkyl halides is 1. The van der Waals surface area contributed by atoms with Gasteiger partial charge in [-0.15, -0.1) is 0 Å². The van der Waals surface area contributed by atoms with E-state index in [1.54, 1.807) is 43.4 Å². The van der Waals surface area contributed by atoms with Crippen LogP contribution in [0.2, 0.25) is 0 Å². The summed E-state index contributed by atoms with van der Waals surface area (Å²) in [7, 11) is 1.58. The van der Waals surface area contributed by atoms with E-state index in [1.165, 1.54) is 17.2 Å². The van der Waals surface area contributed by atoms with E-state index in [0.29, 0.717) is 28.5 Å². The number of nitrogens with one attached hydrogen (secondary N) is 1. The quantitative estimate of drug-likeness (QED) is 0.569. The van der Waals surface area contributed by atoms with Crippen LogP contribution in [0.5, 0.6) is 17.2 Å². The highest BCUT2D eigenvalue weighted by Crippen LogP contribution is 2.32. The highest BCUT2D eigenvalue weighted by atomic mass is 19.1. The second-order valence-corrected chi connectivity index (χ2v) is 8.42. The Morgan fingerprint density at radius 3 is 2.72 bits per heavy atom. The number of hydrogen-bond acceptors (Lipinski definition) is 6. The maximum atomic E-state index is 14.1. The largest absolute Gasteiger partial charge is 0.489 e. The number of likely N-dealkylation sites (N-methyl/N-ethyl adjacent to an activating group) is 1. The molecule has 0 bridgehead atoms. The van der Waals surface area contributed by atoms with Crippen LogP contribution in [0.25, 0.3) is 0 Å². The number of amides is 2. The second-order valence-electron chi connectivity index (χ2n) is 8.42. The van der Waals surface area contributed by atoms with Crippen LogP contribution in [0.4, 0.5) is 10.1 Å². The molecule has 2 aromatic carbocycles. The van der Waals surface area contributed by atoms with Crippen LogP contribution in [0.15, 0.2) is 66.9 Å². The van der Waals surface area contributed by atoms with Gasteiger partial charge in [0.2, 0.25) is 5.67 Å². The lowest BCUT2D eigenvalue weighted by atomic mass is 10.0. The smallest absolute Gasteiger partial charge is 0.270 e. The molecule has 0 unspecified atom stereocenters. The highest BCUT2D eigenvalue weighted by Gasteiger charge is 2.37. The zero-order valence-electron chi connectivity index (χ0n) is 19.4. The molecule has 36 heavy (non-hydrogen) atoms. The van der Waals surface area contributed by atoms with Crippen molar-refractivity contribution in [3.63, 3.8) is 0 Å². The molecule has 1 atom stereocenters. The molecule has 2 aliphatic heterocycles. The molecule has 0 saturated carbocycles. The van der Waals surface area contributed by atoms with Crippen molar-refractivity contribution < 1.29 is 28.2 Å². The molecule has 182 valence electrons. The second kappa shape index (κ2) is 9.68. The van der Waals surface area contributed by atoms with Crippen molar-refractivity contribution in [2.75, 3.05) is 31.8 Å². The molecule has 8 nitrogen and oxygen atoms in total. The zero-order chi connectivity index (χ0) is 25.1. The Morgan fingerprint density at radius 1 is 1.17 bits per heavy atom. The first-order chi connectivity index (χ1) is 17.4. The molecule has 0 radical (unpaired) electrons. The normalized spacial score (nSPS) is 17.9. The van der Waals surface area contributed by atoms with Crippen molar-refractivity contribution in [1.82, 2.24) is 10.3 Å². The molecular weight excluding hydrogens is 465 g/mol. The molecule has 2 aliphatic rings. The number of fused-ring (bicyclic) bond motifs is 1. The van der Waals surface area contributed by atoms with Crippen LogP contribution in [0.3, 0.4) is 0 Å². The third kappa shape index (κ3) is 4.99. The monoisotopic (exact) mass is 487 g/mol. The lowest BCUT2D eigenvalue weighted by molar-refractivity contribution is -0.120. The molecule has 1 saturated heterocycles. The summed E-state index contributed by atoms with van der Waals surface area (Å²) in [4.78, 5) is 31.5. The molecule has 9 heteroatoms. The topological polar surface area (TPSA) is 90.0 Å². The Kier molecular flexibility index (Phi) is 6.27. The summed E-state index contributed by atoms with van der Waals surface area (Å²) in [5.41, 5.74) is -0.545. The number of ether oxygens (including phenoxy) is 3. The summed E-state index contributed by atoms with van der Waals surface area (Å²) < 4.78 is 30.6.